The lowest BCUT2D eigenvalue weighted by atomic mass is 10.0. The molecule has 10 heteroatoms. The number of amides is 2. The van der Waals surface area contributed by atoms with Gasteiger partial charge in [0.1, 0.15) is 18.3 Å². The quantitative estimate of drug-likeness (QED) is 0.303. The molecule has 0 heterocycles. The first-order valence-electron chi connectivity index (χ1n) is 13.6. The number of methoxy groups -OCH3 is 1. The van der Waals surface area contributed by atoms with Gasteiger partial charge in [-0.1, -0.05) is 83.4 Å². The van der Waals surface area contributed by atoms with E-state index in [0.29, 0.717) is 5.75 Å². The first-order valence-corrected chi connectivity index (χ1v) is 16.3. The SMILES string of the molecule is COc1ccccc1N(CC(=O)N(Cc1ccc(Br)cc1)[C@@H](Cc1ccccc1)C(=O)NC1CCCC1)S(C)(=O)=O. The van der Waals surface area contributed by atoms with Gasteiger partial charge in [0.15, 0.2) is 0 Å². The van der Waals surface area contributed by atoms with Crippen molar-refractivity contribution in [1.29, 1.82) is 0 Å². The van der Waals surface area contributed by atoms with E-state index in [4.69, 9.17) is 4.74 Å². The number of halogens is 1. The molecule has 41 heavy (non-hydrogen) atoms. The van der Waals surface area contributed by atoms with E-state index in [2.05, 4.69) is 21.2 Å². The Morgan fingerprint density at radius 1 is 0.951 bits per heavy atom. The summed E-state index contributed by atoms with van der Waals surface area (Å²) in [5, 5.41) is 3.17. The van der Waals surface area contributed by atoms with Crippen molar-refractivity contribution in [2.24, 2.45) is 0 Å². The van der Waals surface area contributed by atoms with Gasteiger partial charge in [-0.25, -0.2) is 8.42 Å². The fraction of sp³-hybridized carbons (Fsp3) is 0.355. The Kier molecular flexibility index (Phi) is 10.4. The molecular weight excluding hydrogens is 606 g/mol. The summed E-state index contributed by atoms with van der Waals surface area (Å²) in [6.45, 7) is -0.358. The fourth-order valence-electron chi connectivity index (χ4n) is 5.14. The van der Waals surface area contributed by atoms with Crippen molar-refractivity contribution >= 4 is 43.5 Å². The summed E-state index contributed by atoms with van der Waals surface area (Å²) in [4.78, 5) is 29.6. The molecule has 0 bridgehead atoms. The van der Waals surface area contributed by atoms with Crippen molar-refractivity contribution in [1.82, 2.24) is 10.2 Å². The Morgan fingerprint density at radius 3 is 2.22 bits per heavy atom. The number of benzene rings is 3. The smallest absolute Gasteiger partial charge is 0.244 e. The highest BCUT2D eigenvalue weighted by Gasteiger charge is 2.34. The van der Waals surface area contributed by atoms with Gasteiger partial charge in [0.2, 0.25) is 21.8 Å². The molecule has 3 aromatic carbocycles. The van der Waals surface area contributed by atoms with E-state index in [-0.39, 0.29) is 30.6 Å². The van der Waals surface area contributed by atoms with Crippen LogP contribution < -0.4 is 14.4 Å². The Hall–Kier alpha value is -3.37. The van der Waals surface area contributed by atoms with Crippen LogP contribution in [0.15, 0.2) is 83.3 Å². The number of sulfonamides is 1. The number of rotatable bonds is 12. The van der Waals surface area contributed by atoms with Crippen LogP contribution in [0.3, 0.4) is 0 Å². The Bertz CT molecular complexity index is 1430. The predicted molar refractivity (Wildman–Crippen MR) is 164 cm³/mol. The van der Waals surface area contributed by atoms with Gasteiger partial charge in [-0.05, 0) is 48.2 Å². The molecule has 8 nitrogen and oxygen atoms in total. The number of anilines is 1. The highest BCUT2D eigenvalue weighted by molar-refractivity contribution is 9.10. The third kappa shape index (κ3) is 8.33. The summed E-state index contributed by atoms with van der Waals surface area (Å²) in [6.07, 6.45) is 5.26. The zero-order valence-corrected chi connectivity index (χ0v) is 25.7. The molecule has 3 aromatic rings. The van der Waals surface area contributed by atoms with Crippen LogP contribution in [0.5, 0.6) is 5.75 Å². The molecule has 0 radical (unpaired) electrons. The van der Waals surface area contributed by atoms with Crippen LogP contribution in [-0.4, -0.2) is 57.1 Å². The third-order valence-corrected chi connectivity index (χ3v) is 8.93. The number of nitrogens with one attached hydrogen (secondary N) is 1. The monoisotopic (exact) mass is 641 g/mol. The topological polar surface area (TPSA) is 96.0 Å². The lowest BCUT2D eigenvalue weighted by molar-refractivity contribution is -0.140. The second-order valence-electron chi connectivity index (χ2n) is 10.3. The Morgan fingerprint density at radius 2 is 1.59 bits per heavy atom. The molecule has 0 unspecified atom stereocenters. The van der Waals surface area contributed by atoms with Gasteiger partial charge >= 0.3 is 0 Å². The predicted octanol–water partition coefficient (Wildman–Crippen LogP) is 4.92. The summed E-state index contributed by atoms with van der Waals surface area (Å²) in [6, 6.07) is 22.9. The van der Waals surface area contributed by atoms with E-state index in [0.717, 1.165) is 51.8 Å². The first kappa shape index (κ1) is 30.6. The summed E-state index contributed by atoms with van der Waals surface area (Å²) in [7, 11) is -2.43. The highest BCUT2D eigenvalue weighted by atomic mass is 79.9. The second-order valence-corrected chi connectivity index (χ2v) is 13.1. The summed E-state index contributed by atoms with van der Waals surface area (Å²) in [5.74, 6) is -0.411. The maximum atomic E-state index is 14.2. The van der Waals surface area contributed by atoms with Gasteiger partial charge in [-0.3, -0.25) is 13.9 Å². The zero-order valence-electron chi connectivity index (χ0n) is 23.3. The van der Waals surface area contributed by atoms with Crippen LogP contribution in [-0.2, 0) is 32.6 Å². The lowest BCUT2D eigenvalue weighted by Gasteiger charge is -2.34. The van der Waals surface area contributed by atoms with Gasteiger partial charge in [-0.2, -0.15) is 0 Å². The minimum absolute atomic E-state index is 0.0616. The molecule has 0 aliphatic heterocycles. The molecule has 218 valence electrons. The van der Waals surface area contributed by atoms with Crippen LogP contribution in [0.1, 0.15) is 36.8 Å². The number of hydrogen-bond acceptors (Lipinski definition) is 5. The molecular formula is C31H36BrN3O5S. The molecule has 0 saturated heterocycles. The molecule has 1 N–H and O–H groups in total. The standard InChI is InChI=1S/C31H36BrN3O5S/c1-40-29-15-9-8-14-27(29)35(41(2,38)39)22-30(36)34(21-24-16-18-25(32)19-17-24)28(20-23-10-4-3-5-11-23)31(37)33-26-12-6-7-13-26/h3-5,8-11,14-19,26,28H,6-7,12-13,20-22H2,1-2H3,(H,33,37)/t28-/m0/s1. The van der Waals surface area contributed by atoms with Crippen LogP contribution in [0, 0.1) is 0 Å². The largest absolute Gasteiger partial charge is 0.495 e. The molecule has 1 aliphatic carbocycles. The summed E-state index contributed by atoms with van der Waals surface area (Å²) < 4.78 is 33.3. The number of carbonyl (C=O) groups excluding carboxylic acids is 2. The second kappa shape index (κ2) is 14.0. The summed E-state index contributed by atoms with van der Waals surface area (Å²) >= 11 is 3.45. The van der Waals surface area contributed by atoms with Crippen molar-refractivity contribution in [3.05, 3.63) is 94.5 Å². The molecule has 1 aliphatic rings. The molecule has 1 fully saturated rings. The third-order valence-electron chi connectivity index (χ3n) is 7.27. The van der Waals surface area contributed by atoms with Crippen molar-refractivity contribution in [3.8, 4) is 5.75 Å². The fourth-order valence-corrected chi connectivity index (χ4v) is 6.26. The van der Waals surface area contributed by atoms with E-state index in [1.807, 2.05) is 54.6 Å². The molecule has 0 aromatic heterocycles. The van der Waals surface area contributed by atoms with E-state index in [1.165, 1.54) is 12.0 Å². The first-order chi connectivity index (χ1) is 19.7. The number of nitrogens with zero attached hydrogens (tertiary/aromatic N) is 2. The van der Waals surface area contributed by atoms with Gasteiger partial charge < -0.3 is 15.0 Å². The average Bonchev–Trinajstić information content (AvgIpc) is 3.47. The average molecular weight is 643 g/mol. The number of para-hydroxylation sites is 2. The normalized spacial score (nSPS) is 14.3. The molecule has 2 amide bonds. The minimum atomic E-state index is -3.88. The maximum Gasteiger partial charge on any atom is 0.244 e. The lowest BCUT2D eigenvalue weighted by Crippen LogP contribution is -2.54. The van der Waals surface area contributed by atoms with Crippen molar-refractivity contribution in [2.75, 3.05) is 24.2 Å². The number of carbonyl (C=O) groups is 2. The molecule has 1 saturated carbocycles. The number of hydrogen-bond donors (Lipinski definition) is 1. The Labute approximate surface area is 250 Å². The van der Waals surface area contributed by atoms with Crippen LogP contribution in [0.2, 0.25) is 0 Å². The van der Waals surface area contributed by atoms with E-state index < -0.39 is 28.5 Å². The van der Waals surface area contributed by atoms with Gasteiger partial charge in [0, 0.05) is 23.5 Å². The van der Waals surface area contributed by atoms with E-state index in [9.17, 15) is 18.0 Å². The maximum absolute atomic E-state index is 14.2. The van der Waals surface area contributed by atoms with Crippen molar-refractivity contribution in [2.45, 2.75) is 50.7 Å². The molecule has 4 rings (SSSR count). The van der Waals surface area contributed by atoms with Crippen LogP contribution >= 0.6 is 15.9 Å². The van der Waals surface area contributed by atoms with Gasteiger partial charge in [0.05, 0.1) is 19.1 Å². The summed E-state index contributed by atoms with van der Waals surface area (Å²) in [5.41, 5.74) is 1.97. The Balaban J connectivity index is 1.73. The minimum Gasteiger partial charge on any atom is -0.495 e. The van der Waals surface area contributed by atoms with Crippen LogP contribution in [0.25, 0.3) is 0 Å². The van der Waals surface area contributed by atoms with Crippen molar-refractivity contribution < 1.29 is 22.7 Å². The molecule has 1 atom stereocenters. The molecule has 0 spiro atoms. The van der Waals surface area contributed by atoms with E-state index in [1.54, 1.807) is 24.3 Å². The van der Waals surface area contributed by atoms with Crippen LogP contribution in [0.4, 0.5) is 5.69 Å². The number of ether oxygens (including phenoxy) is 1. The zero-order chi connectivity index (χ0) is 29.4. The highest BCUT2D eigenvalue weighted by Crippen LogP contribution is 2.30. The van der Waals surface area contributed by atoms with Gasteiger partial charge in [0.25, 0.3) is 0 Å². The van der Waals surface area contributed by atoms with Crippen molar-refractivity contribution in [3.63, 3.8) is 0 Å². The van der Waals surface area contributed by atoms with Gasteiger partial charge in [-0.15, -0.1) is 0 Å². The van der Waals surface area contributed by atoms with E-state index >= 15 is 0 Å².